The Labute approximate surface area is 202 Å². The van der Waals surface area contributed by atoms with Gasteiger partial charge in [0.1, 0.15) is 18.0 Å². The van der Waals surface area contributed by atoms with E-state index in [0.717, 1.165) is 23.3 Å². The fourth-order valence-electron chi connectivity index (χ4n) is 4.96. The molecule has 6 atom stereocenters. The van der Waals surface area contributed by atoms with E-state index >= 15 is 0 Å². The number of esters is 2. The van der Waals surface area contributed by atoms with E-state index in [9.17, 15) is 14.7 Å². The van der Waals surface area contributed by atoms with Crippen molar-refractivity contribution in [3.63, 3.8) is 0 Å². The topological polar surface area (TPSA) is 82.1 Å². The van der Waals surface area contributed by atoms with Gasteiger partial charge in [-0.1, -0.05) is 37.3 Å². The molecule has 2 unspecified atom stereocenters. The lowest BCUT2D eigenvalue weighted by molar-refractivity contribution is -0.147. The molecule has 0 radical (unpaired) electrons. The van der Waals surface area contributed by atoms with Crippen LogP contribution < -0.4 is 4.74 Å². The normalized spacial score (nSPS) is 24.4. The third kappa shape index (κ3) is 6.21. The van der Waals surface area contributed by atoms with Gasteiger partial charge in [0.2, 0.25) is 0 Å². The molecule has 1 aliphatic heterocycles. The molecule has 1 fully saturated rings. The number of aliphatic hydroxyl groups excluding tert-OH is 1. The molecule has 6 nitrogen and oxygen atoms in total. The second kappa shape index (κ2) is 12.1. The average Bonchev–Trinajstić information content (AvgIpc) is 3.31. The minimum Gasteiger partial charge on any atom is -0.489 e. The van der Waals surface area contributed by atoms with Gasteiger partial charge in [-0.25, -0.2) is 0 Å². The molecule has 0 amide bonds. The van der Waals surface area contributed by atoms with E-state index < -0.39 is 6.10 Å². The van der Waals surface area contributed by atoms with Crippen LogP contribution in [0.15, 0.2) is 30.4 Å². The monoisotopic (exact) mass is 468 g/mol. The Balaban J connectivity index is 1.78. The maximum absolute atomic E-state index is 11.8. The van der Waals surface area contributed by atoms with Crippen molar-refractivity contribution in [1.82, 2.24) is 0 Å². The largest absolute Gasteiger partial charge is 0.489 e. The Morgan fingerprint density at radius 3 is 2.85 bits per heavy atom. The minimum atomic E-state index is -0.631. The summed E-state index contributed by atoms with van der Waals surface area (Å²) in [5.41, 5.74) is 2.18. The molecule has 0 spiro atoms. The third-order valence-electron chi connectivity index (χ3n) is 6.63. The highest BCUT2D eigenvalue weighted by atomic mass is 16.5. The first-order chi connectivity index (χ1) is 16.3. The highest BCUT2D eigenvalue weighted by molar-refractivity contribution is 5.69. The summed E-state index contributed by atoms with van der Waals surface area (Å²) in [6.07, 6.45) is 5.79. The molecule has 1 aromatic carbocycles. The number of aliphatic hydroxyl groups is 1. The fraction of sp³-hybridized carbons (Fsp3) is 0.571. The number of benzene rings is 1. The Morgan fingerprint density at radius 1 is 1.35 bits per heavy atom. The van der Waals surface area contributed by atoms with E-state index in [1.54, 1.807) is 6.92 Å². The van der Waals surface area contributed by atoms with Crippen LogP contribution in [0.25, 0.3) is 0 Å². The van der Waals surface area contributed by atoms with Crippen molar-refractivity contribution in [2.75, 3.05) is 6.61 Å². The zero-order chi connectivity index (χ0) is 24.7. The second-order valence-corrected chi connectivity index (χ2v) is 9.12. The summed E-state index contributed by atoms with van der Waals surface area (Å²) < 4.78 is 17.1. The zero-order valence-corrected chi connectivity index (χ0v) is 20.6. The number of hydrogen-bond acceptors (Lipinski definition) is 6. The van der Waals surface area contributed by atoms with Gasteiger partial charge in [-0.15, -0.1) is 11.8 Å². The first-order valence-corrected chi connectivity index (χ1v) is 12.2. The van der Waals surface area contributed by atoms with Crippen molar-refractivity contribution in [1.29, 1.82) is 0 Å². The van der Waals surface area contributed by atoms with Gasteiger partial charge in [0, 0.05) is 43.6 Å². The Morgan fingerprint density at radius 2 is 2.15 bits per heavy atom. The van der Waals surface area contributed by atoms with Crippen molar-refractivity contribution in [3.8, 4) is 17.6 Å². The van der Waals surface area contributed by atoms with E-state index in [4.69, 9.17) is 14.2 Å². The van der Waals surface area contributed by atoms with Crippen LogP contribution in [-0.4, -0.2) is 42.0 Å². The predicted octanol–water partition coefficient (Wildman–Crippen LogP) is 4.34. The highest BCUT2D eigenvalue weighted by Crippen LogP contribution is 2.52. The molecule has 184 valence electrons. The summed E-state index contributed by atoms with van der Waals surface area (Å²) in [5.74, 6) is 6.22. The molecule has 1 saturated carbocycles. The molecule has 0 bridgehead atoms. The Kier molecular flexibility index (Phi) is 9.18. The first kappa shape index (κ1) is 25.8. The van der Waals surface area contributed by atoms with Gasteiger partial charge in [-0.2, -0.15) is 0 Å². The highest BCUT2D eigenvalue weighted by Gasteiger charge is 2.50. The van der Waals surface area contributed by atoms with Crippen LogP contribution in [0.5, 0.6) is 5.75 Å². The van der Waals surface area contributed by atoms with Crippen molar-refractivity contribution in [3.05, 3.63) is 41.5 Å². The van der Waals surface area contributed by atoms with Crippen LogP contribution in [0.2, 0.25) is 0 Å². The van der Waals surface area contributed by atoms with Crippen molar-refractivity contribution < 1.29 is 28.9 Å². The summed E-state index contributed by atoms with van der Waals surface area (Å²) in [6, 6.07) is 6.13. The van der Waals surface area contributed by atoms with Gasteiger partial charge < -0.3 is 19.3 Å². The number of carbonyl (C=O) groups is 2. The van der Waals surface area contributed by atoms with Gasteiger partial charge in [-0.3, -0.25) is 9.59 Å². The number of fused-ring (bicyclic) bond motifs is 3. The quantitative estimate of drug-likeness (QED) is 0.313. The van der Waals surface area contributed by atoms with Gasteiger partial charge in [0.25, 0.3) is 0 Å². The number of para-hydroxylation sites is 1. The molecule has 0 aromatic heterocycles. The molecule has 1 aliphatic carbocycles. The van der Waals surface area contributed by atoms with Crippen molar-refractivity contribution in [2.24, 2.45) is 11.8 Å². The molecule has 6 heteroatoms. The molecule has 2 aliphatic rings. The lowest BCUT2D eigenvalue weighted by atomic mass is 9.86. The van der Waals surface area contributed by atoms with Crippen LogP contribution in [0.3, 0.4) is 0 Å². The van der Waals surface area contributed by atoms with Gasteiger partial charge >= 0.3 is 11.9 Å². The van der Waals surface area contributed by atoms with Crippen LogP contribution in [-0.2, 0) is 25.5 Å². The summed E-state index contributed by atoms with van der Waals surface area (Å²) >= 11 is 0. The van der Waals surface area contributed by atoms with E-state index in [1.165, 1.54) is 6.92 Å². The fourth-order valence-corrected chi connectivity index (χ4v) is 4.96. The smallest absolute Gasteiger partial charge is 0.305 e. The number of rotatable bonds is 10. The number of hydrogen-bond donors (Lipinski definition) is 1. The zero-order valence-electron chi connectivity index (χ0n) is 20.6. The lowest BCUT2D eigenvalue weighted by Gasteiger charge is -2.22. The maximum Gasteiger partial charge on any atom is 0.305 e. The maximum atomic E-state index is 11.8. The standard InChI is InChI=1S/C28H36O6/c1-5-7-10-18(3)23(30)16-15-21-24(33-19(4)29)17-25-27(21)22-13-8-11-20(28(22)34-25)12-9-14-26(31)32-6-2/h8,11,13,15-16,18,21,23-25,27,30H,6,9-10,12,14,17H2,1-4H3/b16-15+/t18?,21-,23?,24+,25-,27-/m0/s1. The van der Waals surface area contributed by atoms with Crippen molar-refractivity contribution >= 4 is 11.9 Å². The third-order valence-corrected chi connectivity index (χ3v) is 6.63. The Bertz CT molecular complexity index is 955. The lowest BCUT2D eigenvalue weighted by Crippen LogP contribution is -2.23. The second-order valence-electron chi connectivity index (χ2n) is 9.12. The SMILES string of the molecule is CC#CCC(C)C(O)/C=C/[C@@H]1[C@H]2c3cccc(CCCC(=O)OCC)c3O[C@H]2C[C@H]1OC(C)=O. The molecule has 34 heavy (non-hydrogen) atoms. The van der Waals surface area contributed by atoms with E-state index in [1.807, 2.05) is 38.1 Å². The Hall–Kier alpha value is -2.78. The van der Waals surface area contributed by atoms with Crippen LogP contribution in [0.4, 0.5) is 0 Å². The summed E-state index contributed by atoms with van der Waals surface area (Å²) in [4.78, 5) is 23.5. The number of aryl methyl sites for hydroxylation is 1. The first-order valence-electron chi connectivity index (χ1n) is 12.2. The molecule has 1 heterocycles. The average molecular weight is 469 g/mol. The van der Waals surface area contributed by atoms with E-state index in [0.29, 0.717) is 32.3 Å². The molecule has 1 aromatic rings. The molecule has 0 saturated heterocycles. The number of carbonyl (C=O) groups excluding carboxylic acids is 2. The van der Waals surface area contributed by atoms with E-state index in [-0.39, 0.29) is 41.9 Å². The van der Waals surface area contributed by atoms with Crippen molar-refractivity contribution in [2.45, 2.75) is 84.0 Å². The summed E-state index contributed by atoms with van der Waals surface area (Å²) in [6.45, 7) is 7.38. The van der Waals surface area contributed by atoms with Gasteiger partial charge in [0.05, 0.1) is 12.7 Å². The summed E-state index contributed by atoms with van der Waals surface area (Å²) in [7, 11) is 0. The minimum absolute atomic E-state index is 0.00573. The molecular weight excluding hydrogens is 432 g/mol. The van der Waals surface area contributed by atoms with Gasteiger partial charge in [0.15, 0.2) is 0 Å². The van der Waals surface area contributed by atoms with Crippen LogP contribution in [0.1, 0.15) is 70.4 Å². The molecule has 3 rings (SSSR count). The number of ether oxygens (including phenoxy) is 3. The predicted molar refractivity (Wildman–Crippen MR) is 129 cm³/mol. The molecular formula is C28H36O6. The summed E-state index contributed by atoms with van der Waals surface area (Å²) in [5, 5.41) is 10.6. The van der Waals surface area contributed by atoms with E-state index in [2.05, 4.69) is 17.9 Å². The molecule has 1 N–H and O–H groups in total. The van der Waals surface area contributed by atoms with Crippen LogP contribution in [0, 0.1) is 23.7 Å². The van der Waals surface area contributed by atoms with Gasteiger partial charge in [-0.05, 0) is 38.2 Å². The van der Waals surface area contributed by atoms with Crippen LogP contribution >= 0.6 is 0 Å².